The van der Waals surface area contributed by atoms with E-state index in [0.29, 0.717) is 0 Å². The Bertz CT molecular complexity index is 256. The van der Waals surface area contributed by atoms with Crippen LogP contribution < -0.4 is 10.5 Å². The van der Waals surface area contributed by atoms with Crippen molar-refractivity contribution >= 4 is 10.0 Å². The first-order valence-electron chi connectivity index (χ1n) is 4.45. The van der Waals surface area contributed by atoms with Gasteiger partial charge in [0.1, 0.15) is 0 Å². The van der Waals surface area contributed by atoms with Gasteiger partial charge in [0.2, 0.25) is 10.0 Å². The predicted octanol–water partition coefficient (Wildman–Crippen LogP) is -0.322. The summed E-state index contributed by atoms with van der Waals surface area (Å²) in [5, 5.41) is 0. The molecule has 1 atom stereocenters. The largest absolute Gasteiger partial charge is 0.383 e. The molecule has 0 saturated heterocycles. The van der Waals surface area contributed by atoms with Gasteiger partial charge in [-0.2, -0.15) is 0 Å². The first kappa shape index (κ1) is 13.8. The van der Waals surface area contributed by atoms with Crippen molar-refractivity contribution in [2.75, 3.05) is 20.3 Å². The molecule has 6 heteroatoms. The second kappa shape index (κ2) is 5.06. The molecule has 5 nitrogen and oxygen atoms in total. The topological polar surface area (TPSA) is 81.4 Å². The fourth-order valence-electron chi connectivity index (χ4n) is 0.748. The second-order valence-corrected chi connectivity index (χ2v) is 6.59. The molecule has 0 aliphatic rings. The van der Waals surface area contributed by atoms with E-state index in [-0.39, 0.29) is 19.2 Å². The van der Waals surface area contributed by atoms with E-state index in [9.17, 15) is 8.42 Å². The van der Waals surface area contributed by atoms with Crippen molar-refractivity contribution in [3.8, 4) is 0 Å². The van der Waals surface area contributed by atoms with Crippen LogP contribution in [0.2, 0.25) is 0 Å². The minimum atomic E-state index is -3.34. The maximum atomic E-state index is 11.7. The van der Waals surface area contributed by atoms with Crippen LogP contribution in [0.5, 0.6) is 0 Å². The first-order valence-corrected chi connectivity index (χ1v) is 5.94. The van der Waals surface area contributed by atoms with Gasteiger partial charge in [0, 0.05) is 13.7 Å². The molecule has 0 aromatic carbocycles. The van der Waals surface area contributed by atoms with Crippen LogP contribution in [0, 0.1) is 0 Å². The van der Waals surface area contributed by atoms with Crippen molar-refractivity contribution in [1.82, 2.24) is 4.72 Å². The maximum Gasteiger partial charge on any atom is 0.216 e. The van der Waals surface area contributed by atoms with E-state index >= 15 is 0 Å². The van der Waals surface area contributed by atoms with Gasteiger partial charge in [-0.05, 0) is 20.8 Å². The zero-order valence-corrected chi connectivity index (χ0v) is 10.0. The number of rotatable bonds is 5. The molecule has 0 aliphatic heterocycles. The summed E-state index contributed by atoms with van der Waals surface area (Å²) in [5.41, 5.74) is 5.40. The Labute approximate surface area is 86.1 Å². The third kappa shape index (κ3) is 3.91. The van der Waals surface area contributed by atoms with Crippen molar-refractivity contribution in [3.63, 3.8) is 0 Å². The van der Waals surface area contributed by atoms with Gasteiger partial charge in [-0.1, -0.05) is 0 Å². The number of hydrogen-bond acceptors (Lipinski definition) is 4. The molecule has 0 heterocycles. The van der Waals surface area contributed by atoms with Crippen LogP contribution in [-0.4, -0.2) is 39.5 Å². The van der Waals surface area contributed by atoms with E-state index in [0.717, 1.165) is 0 Å². The third-order valence-electron chi connectivity index (χ3n) is 1.78. The summed E-state index contributed by atoms with van der Waals surface area (Å²) in [6.07, 6.45) is 0. The second-order valence-electron chi connectivity index (χ2n) is 4.12. The Morgan fingerprint density at radius 2 is 1.93 bits per heavy atom. The highest BCUT2D eigenvalue weighted by atomic mass is 32.2. The number of sulfonamides is 1. The lowest BCUT2D eigenvalue weighted by molar-refractivity contribution is 0.176. The van der Waals surface area contributed by atoms with Crippen LogP contribution in [0.1, 0.15) is 20.8 Å². The van der Waals surface area contributed by atoms with Crippen LogP contribution in [0.15, 0.2) is 0 Å². The third-order valence-corrected chi connectivity index (χ3v) is 4.04. The Balaban J connectivity index is 4.49. The van der Waals surface area contributed by atoms with E-state index in [4.69, 9.17) is 10.5 Å². The number of nitrogens with one attached hydrogen (secondary N) is 1. The van der Waals surface area contributed by atoms with E-state index in [1.165, 1.54) is 7.11 Å². The summed E-state index contributed by atoms with van der Waals surface area (Å²) in [7, 11) is -1.83. The minimum absolute atomic E-state index is 0.225. The molecule has 0 aromatic heterocycles. The van der Waals surface area contributed by atoms with Crippen LogP contribution >= 0.6 is 0 Å². The Hall–Kier alpha value is -0.170. The molecule has 3 N–H and O–H groups in total. The Morgan fingerprint density at radius 1 is 1.43 bits per heavy atom. The standard InChI is InChI=1S/C8H20N2O3S/c1-8(2,3)14(11,12)10-7(5-9)6-13-4/h7,10H,5-6,9H2,1-4H3. The van der Waals surface area contributed by atoms with Gasteiger partial charge in [-0.15, -0.1) is 0 Å². The zero-order chi connectivity index (χ0) is 11.4. The molecule has 14 heavy (non-hydrogen) atoms. The molecule has 0 aromatic rings. The quantitative estimate of drug-likeness (QED) is 0.670. The van der Waals surface area contributed by atoms with Crippen molar-refractivity contribution in [1.29, 1.82) is 0 Å². The monoisotopic (exact) mass is 224 g/mol. The first-order chi connectivity index (χ1) is 6.24. The lowest BCUT2D eigenvalue weighted by Crippen LogP contribution is -2.49. The summed E-state index contributed by atoms with van der Waals surface area (Å²) in [4.78, 5) is 0. The molecule has 0 aliphatic carbocycles. The van der Waals surface area contributed by atoms with Crippen molar-refractivity contribution < 1.29 is 13.2 Å². The fourth-order valence-corrected chi connectivity index (χ4v) is 1.70. The summed E-state index contributed by atoms with van der Waals surface area (Å²) in [6.45, 7) is 5.41. The van der Waals surface area contributed by atoms with Crippen LogP contribution in [0.25, 0.3) is 0 Å². The molecular formula is C8H20N2O3S. The maximum absolute atomic E-state index is 11.7. The van der Waals surface area contributed by atoms with Gasteiger partial charge in [-0.25, -0.2) is 13.1 Å². The molecule has 0 radical (unpaired) electrons. The van der Waals surface area contributed by atoms with E-state index in [1.807, 2.05) is 0 Å². The van der Waals surface area contributed by atoms with Gasteiger partial charge in [0.15, 0.2) is 0 Å². The molecule has 0 saturated carbocycles. The van der Waals surface area contributed by atoms with Gasteiger partial charge in [0.25, 0.3) is 0 Å². The number of hydrogen-bond donors (Lipinski definition) is 2. The van der Waals surface area contributed by atoms with Gasteiger partial charge in [-0.3, -0.25) is 0 Å². The van der Waals surface area contributed by atoms with Crippen LogP contribution in [-0.2, 0) is 14.8 Å². The lowest BCUT2D eigenvalue weighted by Gasteiger charge is -2.24. The van der Waals surface area contributed by atoms with Crippen molar-refractivity contribution in [3.05, 3.63) is 0 Å². The molecule has 0 bridgehead atoms. The molecule has 0 amide bonds. The summed E-state index contributed by atoms with van der Waals surface area (Å²) < 4.78 is 29.9. The highest BCUT2D eigenvalue weighted by Gasteiger charge is 2.30. The smallest absolute Gasteiger partial charge is 0.216 e. The number of nitrogens with two attached hydrogens (primary N) is 1. The molecule has 0 rings (SSSR count). The number of methoxy groups -OCH3 is 1. The predicted molar refractivity (Wildman–Crippen MR) is 56.5 cm³/mol. The molecule has 86 valence electrons. The zero-order valence-electron chi connectivity index (χ0n) is 9.20. The Kier molecular flexibility index (Phi) is 5.00. The van der Waals surface area contributed by atoms with E-state index in [1.54, 1.807) is 20.8 Å². The summed E-state index contributed by atoms with van der Waals surface area (Å²) >= 11 is 0. The van der Waals surface area contributed by atoms with Gasteiger partial charge in [0.05, 0.1) is 17.4 Å². The molecular weight excluding hydrogens is 204 g/mol. The number of ether oxygens (including phenoxy) is 1. The summed E-state index contributed by atoms with van der Waals surface area (Å²) in [5.74, 6) is 0. The van der Waals surface area contributed by atoms with Gasteiger partial charge >= 0.3 is 0 Å². The molecule has 1 unspecified atom stereocenters. The van der Waals surface area contributed by atoms with E-state index < -0.39 is 14.8 Å². The summed E-state index contributed by atoms with van der Waals surface area (Å²) in [6, 6.07) is -0.357. The SMILES string of the molecule is COCC(CN)NS(=O)(=O)C(C)(C)C. The highest BCUT2D eigenvalue weighted by Crippen LogP contribution is 2.13. The Morgan fingerprint density at radius 3 is 2.21 bits per heavy atom. The van der Waals surface area contributed by atoms with Crippen molar-refractivity contribution in [2.24, 2.45) is 5.73 Å². The van der Waals surface area contributed by atoms with Gasteiger partial charge < -0.3 is 10.5 Å². The molecule has 0 fully saturated rings. The average Bonchev–Trinajstić information content (AvgIpc) is 2.01. The highest BCUT2D eigenvalue weighted by molar-refractivity contribution is 7.90. The molecule has 0 spiro atoms. The van der Waals surface area contributed by atoms with Crippen LogP contribution in [0.3, 0.4) is 0 Å². The fraction of sp³-hybridized carbons (Fsp3) is 1.00. The lowest BCUT2D eigenvalue weighted by atomic mass is 10.3. The average molecular weight is 224 g/mol. The minimum Gasteiger partial charge on any atom is -0.383 e. The van der Waals surface area contributed by atoms with E-state index in [2.05, 4.69) is 4.72 Å². The van der Waals surface area contributed by atoms with Crippen molar-refractivity contribution in [2.45, 2.75) is 31.6 Å². The van der Waals surface area contributed by atoms with Crippen LogP contribution in [0.4, 0.5) is 0 Å². The normalized spacial score (nSPS) is 15.5.